The molecule has 0 aliphatic carbocycles. The average Bonchev–Trinajstić information content (AvgIpc) is 3.05. The zero-order valence-corrected chi connectivity index (χ0v) is 15.7. The Balaban J connectivity index is 1.43. The number of aryl methyl sites for hydroxylation is 2. The van der Waals surface area contributed by atoms with E-state index in [9.17, 15) is 4.79 Å². The van der Waals surface area contributed by atoms with Crippen molar-refractivity contribution in [2.45, 2.75) is 45.1 Å². The summed E-state index contributed by atoms with van der Waals surface area (Å²) in [6.07, 6.45) is 3.29. The average molecular weight is 356 g/mol. The fraction of sp³-hybridized carbons (Fsp3) is 0.500. The van der Waals surface area contributed by atoms with Crippen LogP contribution in [0.4, 0.5) is 0 Å². The highest BCUT2D eigenvalue weighted by molar-refractivity contribution is 7.10. The predicted molar refractivity (Wildman–Crippen MR) is 98.9 cm³/mol. The molecule has 4 heterocycles. The number of fused-ring (bicyclic) bond motifs is 2. The van der Waals surface area contributed by atoms with Crippen molar-refractivity contribution in [1.82, 2.24) is 9.88 Å². The number of carbonyl (C=O) groups excluding carboxylic acids is 1. The molecule has 0 radical (unpaired) electrons. The lowest BCUT2D eigenvalue weighted by molar-refractivity contribution is -0.139. The molecule has 1 saturated heterocycles. The quantitative estimate of drug-likeness (QED) is 0.828. The molecule has 0 atom stereocenters. The largest absolute Gasteiger partial charge is 0.370 e. The number of carbonyl (C=O) groups is 1. The fourth-order valence-electron chi connectivity index (χ4n) is 4.20. The zero-order valence-electron chi connectivity index (χ0n) is 14.9. The van der Waals surface area contributed by atoms with Crippen LogP contribution in [0.15, 0.2) is 23.6 Å². The maximum absolute atomic E-state index is 12.7. The second-order valence-electron chi connectivity index (χ2n) is 7.17. The molecule has 0 N–H and O–H groups in total. The number of nitrogens with zero attached hydrogens (tertiary/aromatic N) is 2. The van der Waals surface area contributed by atoms with Crippen LogP contribution in [0.1, 0.15) is 40.2 Å². The Kier molecular flexibility index (Phi) is 4.38. The number of amides is 1. The molecule has 25 heavy (non-hydrogen) atoms. The van der Waals surface area contributed by atoms with E-state index in [2.05, 4.69) is 16.4 Å². The highest BCUT2D eigenvalue weighted by Gasteiger charge is 2.42. The Morgan fingerprint density at radius 3 is 2.72 bits per heavy atom. The lowest BCUT2D eigenvalue weighted by Crippen LogP contribution is -2.48. The Labute approximate surface area is 152 Å². The molecule has 2 aliphatic heterocycles. The van der Waals surface area contributed by atoms with Gasteiger partial charge in [0.2, 0.25) is 5.91 Å². The summed E-state index contributed by atoms with van der Waals surface area (Å²) < 4.78 is 6.23. The number of hydrogen-bond acceptors (Lipinski definition) is 4. The van der Waals surface area contributed by atoms with E-state index in [-0.39, 0.29) is 11.5 Å². The Morgan fingerprint density at radius 1 is 1.28 bits per heavy atom. The first-order chi connectivity index (χ1) is 12.1. The van der Waals surface area contributed by atoms with E-state index in [1.807, 2.05) is 42.2 Å². The third-order valence-corrected chi connectivity index (χ3v) is 6.34. The van der Waals surface area contributed by atoms with Crippen LogP contribution in [0, 0.1) is 13.8 Å². The molecule has 4 nitrogen and oxygen atoms in total. The number of ether oxygens (including phenoxy) is 1. The summed E-state index contributed by atoms with van der Waals surface area (Å²) in [6, 6.07) is 6.25. The van der Waals surface area contributed by atoms with Crippen LogP contribution in [0.3, 0.4) is 0 Å². The van der Waals surface area contributed by atoms with Gasteiger partial charge in [-0.3, -0.25) is 9.78 Å². The van der Waals surface area contributed by atoms with Crippen molar-refractivity contribution in [3.8, 4) is 0 Å². The third kappa shape index (κ3) is 3.23. The van der Waals surface area contributed by atoms with E-state index in [1.165, 1.54) is 10.4 Å². The molecule has 5 heteroatoms. The maximum atomic E-state index is 12.7. The van der Waals surface area contributed by atoms with Crippen molar-refractivity contribution in [2.75, 3.05) is 19.7 Å². The first kappa shape index (κ1) is 16.7. The van der Waals surface area contributed by atoms with E-state index < -0.39 is 0 Å². The van der Waals surface area contributed by atoms with Gasteiger partial charge in [-0.15, -0.1) is 11.3 Å². The summed E-state index contributed by atoms with van der Waals surface area (Å²) in [7, 11) is 0. The van der Waals surface area contributed by atoms with Crippen LogP contribution in [0.2, 0.25) is 0 Å². The minimum absolute atomic E-state index is 0.159. The smallest absolute Gasteiger partial charge is 0.226 e. The second kappa shape index (κ2) is 6.54. The Morgan fingerprint density at radius 2 is 2.00 bits per heavy atom. The van der Waals surface area contributed by atoms with Gasteiger partial charge in [-0.05, 0) is 61.4 Å². The molecule has 0 aromatic carbocycles. The predicted octanol–water partition coefficient (Wildman–Crippen LogP) is 3.39. The number of rotatable bonds is 2. The minimum atomic E-state index is -0.159. The molecular weight excluding hydrogens is 332 g/mol. The summed E-state index contributed by atoms with van der Waals surface area (Å²) in [5, 5.41) is 2.17. The molecule has 1 amide bonds. The SMILES string of the molecule is Cc1cc(CC(=O)N2CCC3(CC2)OCCc2sccc23)cc(C)n1. The monoisotopic (exact) mass is 356 g/mol. The molecule has 132 valence electrons. The molecule has 2 aromatic rings. The van der Waals surface area contributed by atoms with E-state index in [0.29, 0.717) is 6.42 Å². The molecule has 0 bridgehead atoms. The maximum Gasteiger partial charge on any atom is 0.226 e. The number of aromatic nitrogens is 1. The normalized spacial score (nSPS) is 19.0. The van der Waals surface area contributed by atoms with Gasteiger partial charge in [-0.1, -0.05) is 0 Å². The molecular formula is C20H24N2O2S. The van der Waals surface area contributed by atoms with Gasteiger partial charge in [0.15, 0.2) is 0 Å². The van der Waals surface area contributed by atoms with Crippen molar-refractivity contribution in [3.05, 3.63) is 51.0 Å². The number of pyridine rings is 1. The topological polar surface area (TPSA) is 42.4 Å². The number of thiophene rings is 1. The third-order valence-electron chi connectivity index (χ3n) is 5.36. The highest BCUT2D eigenvalue weighted by Crippen LogP contribution is 2.43. The van der Waals surface area contributed by atoms with E-state index in [0.717, 1.165) is 55.9 Å². The second-order valence-corrected chi connectivity index (χ2v) is 8.17. The van der Waals surface area contributed by atoms with Gasteiger partial charge in [0.25, 0.3) is 0 Å². The fourth-order valence-corrected chi connectivity index (χ4v) is 5.15. The molecule has 1 spiro atoms. The summed E-state index contributed by atoms with van der Waals surface area (Å²) in [6.45, 7) is 6.31. The van der Waals surface area contributed by atoms with Gasteiger partial charge in [-0.25, -0.2) is 0 Å². The Bertz CT molecular complexity index is 770. The molecule has 2 aliphatic rings. The first-order valence-corrected chi connectivity index (χ1v) is 9.86. The summed E-state index contributed by atoms with van der Waals surface area (Å²) in [5.41, 5.74) is 4.22. The summed E-state index contributed by atoms with van der Waals surface area (Å²) >= 11 is 1.84. The first-order valence-electron chi connectivity index (χ1n) is 8.98. The minimum Gasteiger partial charge on any atom is -0.370 e. The number of likely N-dealkylation sites (tertiary alicyclic amines) is 1. The van der Waals surface area contributed by atoms with Gasteiger partial charge < -0.3 is 9.64 Å². The van der Waals surface area contributed by atoms with E-state index >= 15 is 0 Å². The van der Waals surface area contributed by atoms with Gasteiger partial charge in [0.1, 0.15) is 0 Å². The lowest BCUT2D eigenvalue weighted by Gasteiger charge is -2.44. The van der Waals surface area contributed by atoms with Crippen LogP contribution in [-0.2, 0) is 28.0 Å². The van der Waals surface area contributed by atoms with E-state index in [1.54, 1.807) is 0 Å². The Hall–Kier alpha value is -1.72. The molecule has 1 fully saturated rings. The zero-order chi connectivity index (χ0) is 17.4. The molecule has 4 rings (SSSR count). The molecule has 2 aromatic heterocycles. The van der Waals surface area contributed by atoms with Crippen molar-refractivity contribution in [3.63, 3.8) is 0 Å². The summed E-state index contributed by atoms with van der Waals surface area (Å²) in [5.74, 6) is 0.209. The summed E-state index contributed by atoms with van der Waals surface area (Å²) in [4.78, 5) is 20.6. The van der Waals surface area contributed by atoms with Crippen molar-refractivity contribution >= 4 is 17.2 Å². The van der Waals surface area contributed by atoms with Crippen LogP contribution in [0.25, 0.3) is 0 Å². The highest BCUT2D eigenvalue weighted by atomic mass is 32.1. The molecule has 0 saturated carbocycles. The van der Waals surface area contributed by atoms with E-state index in [4.69, 9.17) is 4.74 Å². The van der Waals surface area contributed by atoms with Crippen LogP contribution in [-0.4, -0.2) is 35.5 Å². The van der Waals surface area contributed by atoms with Gasteiger partial charge in [0.05, 0.1) is 18.6 Å². The standard InChI is InChI=1S/C20H24N2O2S/c1-14-11-16(12-15(2)21-14)13-19(23)22-7-5-20(6-8-22)17-4-10-25-18(17)3-9-24-20/h4,10-12H,3,5-9,13H2,1-2H3. The van der Waals surface area contributed by atoms with Crippen LogP contribution < -0.4 is 0 Å². The van der Waals surface area contributed by atoms with Crippen molar-refractivity contribution in [2.24, 2.45) is 0 Å². The number of piperidine rings is 1. The lowest BCUT2D eigenvalue weighted by atomic mass is 9.82. The van der Waals surface area contributed by atoms with Crippen molar-refractivity contribution < 1.29 is 9.53 Å². The molecule has 0 unspecified atom stereocenters. The van der Waals surface area contributed by atoms with Gasteiger partial charge in [0, 0.05) is 35.8 Å². The van der Waals surface area contributed by atoms with Crippen molar-refractivity contribution in [1.29, 1.82) is 0 Å². The van der Waals surface area contributed by atoms with Gasteiger partial charge in [-0.2, -0.15) is 0 Å². The van der Waals surface area contributed by atoms with Crippen LogP contribution >= 0.6 is 11.3 Å². The van der Waals surface area contributed by atoms with Gasteiger partial charge >= 0.3 is 0 Å². The van der Waals surface area contributed by atoms with Crippen LogP contribution in [0.5, 0.6) is 0 Å². The number of hydrogen-bond donors (Lipinski definition) is 0.